The molecular weight excluding hydrogens is 268 g/mol. The Morgan fingerprint density at radius 3 is 2.95 bits per heavy atom. The van der Waals surface area contributed by atoms with Crippen LogP contribution in [0.3, 0.4) is 0 Å². The third-order valence-corrected chi connectivity index (χ3v) is 3.53. The van der Waals surface area contributed by atoms with E-state index in [9.17, 15) is 10.1 Å². The third-order valence-electron chi connectivity index (χ3n) is 3.53. The van der Waals surface area contributed by atoms with Gasteiger partial charge in [-0.05, 0) is 32.4 Å². The topological polar surface area (TPSA) is 73.0 Å². The SMILES string of the molecule is Cc1ccc(C(C)NCCCn2ccnc2)cc1[N+](=O)[O-]. The molecule has 112 valence electrons. The van der Waals surface area contributed by atoms with E-state index in [1.54, 1.807) is 31.6 Å². The molecule has 1 heterocycles. The summed E-state index contributed by atoms with van der Waals surface area (Å²) in [5, 5.41) is 14.4. The molecule has 1 aromatic heterocycles. The molecule has 0 spiro atoms. The van der Waals surface area contributed by atoms with E-state index in [1.807, 2.05) is 23.8 Å². The highest BCUT2D eigenvalue weighted by Crippen LogP contribution is 2.23. The van der Waals surface area contributed by atoms with E-state index in [0.717, 1.165) is 25.1 Å². The Hall–Kier alpha value is -2.21. The summed E-state index contributed by atoms with van der Waals surface area (Å²) in [5.74, 6) is 0. The van der Waals surface area contributed by atoms with Crippen LogP contribution in [-0.2, 0) is 6.54 Å². The van der Waals surface area contributed by atoms with E-state index in [0.29, 0.717) is 5.56 Å². The zero-order valence-electron chi connectivity index (χ0n) is 12.3. The average molecular weight is 288 g/mol. The number of nitrogens with one attached hydrogen (secondary N) is 1. The third kappa shape index (κ3) is 4.13. The summed E-state index contributed by atoms with van der Waals surface area (Å²) in [6.45, 7) is 5.53. The number of hydrogen-bond acceptors (Lipinski definition) is 4. The van der Waals surface area contributed by atoms with Gasteiger partial charge in [-0.3, -0.25) is 10.1 Å². The summed E-state index contributed by atoms with van der Waals surface area (Å²) in [6, 6.07) is 5.49. The highest BCUT2D eigenvalue weighted by molar-refractivity contribution is 5.43. The number of aryl methyl sites for hydroxylation is 2. The molecular formula is C15H20N4O2. The van der Waals surface area contributed by atoms with Gasteiger partial charge >= 0.3 is 0 Å². The normalized spacial score (nSPS) is 12.3. The number of nitro benzene ring substituents is 1. The van der Waals surface area contributed by atoms with E-state index >= 15 is 0 Å². The van der Waals surface area contributed by atoms with E-state index < -0.39 is 0 Å². The maximum absolute atomic E-state index is 11.0. The van der Waals surface area contributed by atoms with Crippen molar-refractivity contribution in [3.05, 3.63) is 58.2 Å². The average Bonchev–Trinajstić information content (AvgIpc) is 2.96. The molecule has 0 aliphatic heterocycles. The van der Waals surface area contributed by atoms with Crippen LogP contribution >= 0.6 is 0 Å². The van der Waals surface area contributed by atoms with Crippen molar-refractivity contribution < 1.29 is 4.92 Å². The summed E-state index contributed by atoms with van der Waals surface area (Å²) in [5.41, 5.74) is 1.81. The second-order valence-corrected chi connectivity index (χ2v) is 5.13. The minimum Gasteiger partial charge on any atom is -0.337 e. The molecule has 6 nitrogen and oxygen atoms in total. The quantitative estimate of drug-likeness (QED) is 0.483. The standard InChI is InChI=1S/C15H20N4O2/c1-12-4-5-14(10-15(12)19(20)21)13(2)17-6-3-8-18-9-7-16-11-18/h4-5,7,9-11,13,17H,3,6,8H2,1-2H3. The predicted molar refractivity (Wildman–Crippen MR) is 81.1 cm³/mol. The monoisotopic (exact) mass is 288 g/mol. The largest absolute Gasteiger partial charge is 0.337 e. The first-order chi connectivity index (χ1) is 10.1. The Morgan fingerprint density at radius 1 is 1.48 bits per heavy atom. The van der Waals surface area contributed by atoms with E-state index in [2.05, 4.69) is 10.3 Å². The fraction of sp³-hybridized carbons (Fsp3) is 0.400. The van der Waals surface area contributed by atoms with Gasteiger partial charge in [-0.2, -0.15) is 0 Å². The molecule has 0 aliphatic carbocycles. The number of nitrogens with zero attached hydrogens (tertiary/aromatic N) is 3. The van der Waals surface area contributed by atoms with Crippen LogP contribution in [0.4, 0.5) is 5.69 Å². The highest BCUT2D eigenvalue weighted by atomic mass is 16.6. The van der Waals surface area contributed by atoms with Crippen molar-refractivity contribution in [3.8, 4) is 0 Å². The van der Waals surface area contributed by atoms with Gasteiger partial charge in [0.25, 0.3) is 5.69 Å². The van der Waals surface area contributed by atoms with Gasteiger partial charge in [0.1, 0.15) is 0 Å². The lowest BCUT2D eigenvalue weighted by molar-refractivity contribution is -0.385. The van der Waals surface area contributed by atoms with Crippen LogP contribution in [0.1, 0.15) is 30.5 Å². The zero-order valence-corrected chi connectivity index (χ0v) is 12.3. The molecule has 2 aromatic rings. The summed E-state index contributed by atoms with van der Waals surface area (Å²) >= 11 is 0. The molecule has 0 bridgehead atoms. The minimum atomic E-state index is -0.329. The van der Waals surface area contributed by atoms with Gasteiger partial charge in [0, 0.05) is 36.6 Å². The van der Waals surface area contributed by atoms with Crippen LogP contribution in [0.2, 0.25) is 0 Å². The number of nitro groups is 1. The van der Waals surface area contributed by atoms with Gasteiger partial charge in [0.15, 0.2) is 0 Å². The second kappa shape index (κ2) is 6.99. The summed E-state index contributed by atoms with van der Waals surface area (Å²) < 4.78 is 2.03. The zero-order chi connectivity index (χ0) is 15.2. The molecule has 1 N–H and O–H groups in total. The fourth-order valence-corrected chi connectivity index (χ4v) is 2.21. The summed E-state index contributed by atoms with van der Waals surface area (Å²) in [6.07, 6.45) is 6.48. The molecule has 2 rings (SSSR count). The molecule has 0 radical (unpaired) electrons. The maximum Gasteiger partial charge on any atom is 0.272 e. The predicted octanol–water partition coefficient (Wildman–Crippen LogP) is 2.84. The molecule has 1 aromatic carbocycles. The fourth-order valence-electron chi connectivity index (χ4n) is 2.21. The maximum atomic E-state index is 11.0. The molecule has 0 aliphatic rings. The first-order valence-corrected chi connectivity index (χ1v) is 7.02. The Kier molecular flexibility index (Phi) is 5.05. The van der Waals surface area contributed by atoms with Gasteiger partial charge in [-0.15, -0.1) is 0 Å². The first kappa shape index (κ1) is 15.2. The van der Waals surface area contributed by atoms with Crippen molar-refractivity contribution in [2.45, 2.75) is 32.9 Å². The molecule has 0 saturated carbocycles. The molecule has 0 saturated heterocycles. The van der Waals surface area contributed by atoms with Crippen molar-refractivity contribution in [2.75, 3.05) is 6.54 Å². The van der Waals surface area contributed by atoms with E-state index in [4.69, 9.17) is 0 Å². The van der Waals surface area contributed by atoms with Crippen LogP contribution in [0.15, 0.2) is 36.9 Å². The highest BCUT2D eigenvalue weighted by Gasteiger charge is 2.13. The lowest BCUT2D eigenvalue weighted by atomic mass is 10.0. The number of benzene rings is 1. The van der Waals surface area contributed by atoms with E-state index in [1.165, 1.54) is 0 Å². The minimum absolute atomic E-state index is 0.0899. The van der Waals surface area contributed by atoms with Crippen molar-refractivity contribution >= 4 is 5.69 Å². The molecule has 1 atom stereocenters. The van der Waals surface area contributed by atoms with Gasteiger partial charge in [-0.25, -0.2) is 4.98 Å². The lowest BCUT2D eigenvalue weighted by Crippen LogP contribution is -2.21. The molecule has 21 heavy (non-hydrogen) atoms. The lowest BCUT2D eigenvalue weighted by Gasteiger charge is -2.14. The van der Waals surface area contributed by atoms with Crippen molar-refractivity contribution in [1.82, 2.24) is 14.9 Å². The van der Waals surface area contributed by atoms with E-state index in [-0.39, 0.29) is 16.7 Å². The number of imidazole rings is 1. The number of hydrogen-bond donors (Lipinski definition) is 1. The van der Waals surface area contributed by atoms with Crippen LogP contribution in [-0.4, -0.2) is 21.0 Å². The molecule has 0 amide bonds. The van der Waals surface area contributed by atoms with Crippen LogP contribution < -0.4 is 5.32 Å². The summed E-state index contributed by atoms with van der Waals surface area (Å²) in [4.78, 5) is 14.6. The van der Waals surface area contributed by atoms with Crippen molar-refractivity contribution in [2.24, 2.45) is 0 Å². The Morgan fingerprint density at radius 2 is 2.29 bits per heavy atom. The van der Waals surface area contributed by atoms with Crippen molar-refractivity contribution in [1.29, 1.82) is 0 Å². The first-order valence-electron chi connectivity index (χ1n) is 7.02. The second-order valence-electron chi connectivity index (χ2n) is 5.13. The van der Waals surface area contributed by atoms with Gasteiger partial charge in [0.05, 0.1) is 11.3 Å². The molecule has 6 heteroatoms. The molecule has 1 unspecified atom stereocenters. The van der Waals surface area contributed by atoms with Crippen LogP contribution in [0.5, 0.6) is 0 Å². The summed E-state index contributed by atoms with van der Waals surface area (Å²) in [7, 11) is 0. The Bertz CT molecular complexity index is 596. The van der Waals surface area contributed by atoms with Crippen LogP contribution in [0, 0.1) is 17.0 Å². The van der Waals surface area contributed by atoms with Gasteiger partial charge in [0.2, 0.25) is 0 Å². The number of aromatic nitrogens is 2. The van der Waals surface area contributed by atoms with Crippen molar-refractivity contribution in [3.63, 3.8) is 0 Å². The Labute approximate surface area is 124 Å². The van der Waals surface area contributed by atoms with Gasteiger partial charge < -0.3 is 9.88 Å². The van der Waals surface area contributed by atoms with Crippen LogP contribution in [0.25, 0.3) is 0 Å². The molecule has 0 fully saturated rings. The smallest absolute Gasteiger partial charge is 0.272 e. The number of rotatable bonds is 7. The Balaban J connectivity index is 1.86. The van der Waals surface area contributed by atoms with Gasteiger partial charge in [-0.1, -0.05) is 12.1 Å².